The van der Waals surface area contributed by atoms with Crippen LogP contribution in [0.25, 0.3) is 5.69 Å². The lowest BCUT2D eigenvalue weighted by Gasteiger charge is -2.07. The van der Waals surface area contributed by atoms with Crippen LogP contribution in [0.15, 0.2) is 24.3 Å². The standard InChI is InChI=1S/C16H19FN4O4/c1-10(2)15-19-14(16(24)18-6-7-25-9-13(22)23)20-21(15)12-5-3-4-11(17)8-12/h3-5,8,10H,6-7,9H2,1-2H3,(H,18,24)(H,22,23). The van der Waals surface area contributed by atoms with Crippen LogP contribution in [0.3, 0.4) is 0 Å². The van der Waals surface area contributed by atoms with E-state index in [4.69, 9.17) is 9.84 Å². The molecular formula is C16H19FN4O4. The van der Waals surface area contributed by atoms with E-state index in [9.17, 15) is 14.0 Å². The smallest absolute Gasteiger partial charge is 0.329 e. The van der Waals surface area contributed by atoms with E-state index >= 15 is 0 Å². The summed E-state index contributed by atoms with van der Waals surface area (Å²) in [6.45, 7) is 3.53. The second-order valence-electron chi connectivity index (χ2n) is 5.54. The molecule has 0 atom stereocenters. The lowest BCUT2D eigenvalue weighted by Crippen LogP contribution is -2.29. The molecule has 2 rings (SSSR count). The highest BCUT2D eigenvalue weighted by atomic mass is 19.1. The minimum absolute atomic E-state index is 0.0313. The number of aliphatic carboxylic acids is 1. The summed E-state index contributed by atoms with van der Waals surface area (Å²) in [4.78, 5) is 26.7. The summed E-state index contributed by atoms with van der Waals surface area (Å²) < 4.78 is 19.7. The van der Waals surface area contributed by atoms with Crippen molar-refractivity contribution in [3.63, 3.8) is 0 Å². The molecule has 0 aliphatic rings. The summed E-state index contributed by atoms with van der Waals surface area (Å²) in [5, 5.41) is 15.2. The van der Waals surface area contributed by atoms with E-state index in [1.165, 1.54) is 16.8 Å². The number of nitrogens with zero attached hydrogens (tertiary/aromatic N) is 3. The number of carbonyl (C=O) groups is 2. The lowest BCUT2D eigenvalue weighted by atomic mass is 10.2. The number of ether oxygens (including phenoxy) is 1. The largest absolute Gasteiger partial charge is 0.480 e. The molecule has 1 aromatic carbocycles. The quantitative estimate of drug-likeness (QED) is 0.696. The monoisotopic (exact) mass is 350 g/mol. The van der Waals surface area contributed by atoms with Crippen molar-refractivity contribution in [2.24, 2.45) is 0 Å². The summed E-state index contributed by atoms with van der Waals surface area (Å²) in [6.07, 6.45) is 0. The first-order chi connectivity index (χ1) is 11.9. The second-order valence-corrected chi connectivity index (χ2v) is 5.54. The summed E-state index contributed by atoms with van der Waals surface area (Å²) in [5.41, 5.74) is 0.472. The molecule has 0 radical (unpaired) electrons. The summed E-state index contributed by atoms with van der Waals surface area (Å²) in [6, 6.07) is 5.85. The van der Waals surface area contributed by atoms with Crippen LogP contribution in [0.1, 0.15) is 36.2 Å². The molecule has 1 heterocycles. The molecule has 0 bridgehead atoms. The Labute approximate surface area is 143 Å². The zero-order chi connectivity index (χ0) is 18.4. The minimum Gasteiger partial charge on any atom is -0.480 e. The molecule has 1 amide bonds. The lowest BCUT2D eigenvalue weighted by molar-refractivity contribution is -0.142. The number of hydrogen-bond donors (Lipinski definition) is 2. The Hall–Kier alpha value is -2.81. The van der Waals surface area contributed by atoms with Gasteiger partial charge in [-0.1, -0.05) is 19.9 Å². The number of halogens is 1. The van der Waals surface area contributed by atoms with Crippen LogP contribution >= 0.6 is 0 Å². The van der Waals surface area contributed by atoms with Crippen molar-refractivity contribution in [2.45, 2.75) is 19.8 Å². The molecular weight excluding hydrogens is 331 g/mol. The molecule has 0 saturated heterocycles. The molecule has 2 aromatic rings. The number of rotatable bonds is 8. The van der Waals surface area contributed by atoms with Gasteiger partial charge < -0.3 is 15.2 Å². The first kappa shape index (κ1) is 18.5. The normalized spacial score (nSPS) is 10.9. The fourth-order valence-corrected chi connectivity index (χ4v) is 2.07. The van der Waals surface area contributed by atoms with Crippen LogP contribution in [0.4, 0.5) is 4.39 Å². The first-order valence-corrected chi connectivity index (χ1v) is 7.69. The molecule has 2 N–H and O–H groups in total. The highest BCUT2D eigenvalue weighted by molar-refractivity contribution is 5.90. The molecule has 0 aliphatic carbocycles. The van der Waals surface area contributed by atoms with Crippen molar-refractivity contribution < 1.29 is 23.8 Å². The number of carboxylic acid groups (broad SMARTS) is 1. The zero-order valence-electron chi connectivity index (χ0n) is 13.9. The van der Waals surface area contributed by atoms with Gasteiger partial charge in [-0.05, 0) is 18.2 Å². The molecule has 0 aliphatic heterocycles. The van der Waals surface area contributed by atoms with Gasteiger partial charge in [0, 0.05) is 12.5 Å². The molecule has 0 spiro atoms. The Bertz CT molecular complexity index is 760. The second kappa shape index (κ2) is 8.34. The van der Waals surface area contributed by atoms with Crippen LogP contribution in [-0.2, 0) is 9.53 Å². The van der Waals surface area contributed by atoms with Crippen LogP contribution in [0, 0.1) is 5.82 Å². The summed E-state index contributed by atoms with van der Waals surface area (Å²) >= 11 is 0. The van der Waals surface area contributed by atoms with Gasteiger partial charge in [-0.25, -0.2) is 18.9 Å². The maximum absolute atomic E-state index is 13.5. The van der Waals surface area contributed by atoms with Crippen molar-refractivity contribution in [3.8, 4) is 5.69 Å². The van der Waals surface area contributed by atoms with Gasteiger partial charge in [0.2, 0.25) is 5.82 Å². The summed E-state index contributed by atoms with van der Waals surface area (Å²) in [5.74, 6) is -1.57. The number of carboxylic acids is 1. The van der Waals surface area contributed by atoms with E-state index in [1.54, 1.807) is 12.1 Å². The third-order valence-electron chi connectivity index (χ3n) is 3.16. The Morgan fingerprint density at radius 3 is 2.80 bits per heavy atom. The number of aromatic nitrogens is 3. The number of amides is 1. The topological polar surface area (TPSA) is 106 Å². The fourth-order valence-electron chi connectivity index (χ4n) is 2.07. The molecule has 0 saturated carbocycles. The Morgan fingerprint density at radius 2 is 2.16 bits per heavy atom. The molecule has 0 fully saturated rings. The molecule has 8 nitrogen and oxygen atoms in total. The number of hydrogen-bond acceptors (Lipinski definition) is 5. The van der Waals surface area contributed by atoms with E-state index < -0.39 is 24.3 Å². The zero-order valence-corrected chi connectivity index (χ0v) is 13.9. The predicted octanol–water partition coefficient (Wildman–Crippen LogP) is 1.36. The van der Waals surface area contributed by atoms with Crippen LogP contribution in [0.5, 0.6) is 0 Å². The van der Waals surface area contributed by atoms with Crippen LogP contribution < -0.4 is 5.32 Å². The van der Waals surface area contributed by atoms with Gasteiger partial charge in [-0.2, -0.15) is 0 Å². The van der Waals surface area contributed by atoms with Gasteiger partial charge in [0.15, 0.2) is 0 Å². The van der Waals surface area contributed by atoms with Crippen molar-refractivity contribution in [1.29, 1.82) is 0 Å². The highest BCUT2D eigenvalue weighted by Crippen LogP contribution is 2.18. The summed E-state index contributed by atoms with van der Waals surface area (Å²) in [7, 11) is 0. The van der Waals surface area contributed by atoms with Crippen LogP contribution in [-0.4, -0.2) is 51.5 Å². The number of benzene rings is 1. The molecule has 9 heteroatoms. The van der Waals surface area contributed by atoms with Gasteiger partial charge in [-0.15, -0.1) is 5.10 Å². The van der Waals surface area contributed by atoms with E-state index in [-0.39, 0.29) is 24.9 Å². The average molecular weight is 350 g/mol. The molecule has 0 unspecified atom stereocenters. The van der Waals surface area contributed by atoms with Gasteiger partial charge >= 0.3 is 5.97 Å². The van der Waals surface area contributed by atoms with Gasteiger partial charge in [0.05, 0.1) is 12.3 Å². The first-order valence-electron chi connectivity index (χ1n) is 7.69. The Morgan fingerprint density at radius 1 is 1.40 bits per heavy atom. The SMILES string of the molecule is CC(C)c1nc(C(=O)NCCOCC(=O)O)nn1-c1cccc(F)c1. The van der Waals surface area contributed by atoms with E-state index in [2.05, 4.69) is 15.4 Å². The fraction of sp³-hybridized carbons (Fsp3) is 0.375. The average Bonchev–Trinajstić information content (AvgIpc) is 2.99. The maximum atomic E-state index is 13.5. The third kappa shape index (κ3) is 5.08. The third-order valence-corrected chi connectivity index (χ3v) is 3.16. The molecule has 1 aromatic heterocycles. The van der Waals surface area contributed by atoms with Crippen molar-refractivity contribution in [3.05, 3.63) is 41.7 Å². The van der Waals surface area contributed by atoms with Gasteiger partial charge in [-0.3, -0.25) is 4.79 Å². The predicted molar refractivity (Wildman–Crippen MR) is 86.2 cm³/mol. The van der Waals surface area contributed by atoms with E-state index in [1.807, 2.05) is 13.8 Å². The van der Waals surface area contributed by atoms with Crippen molar-refractivity contribution >= 4 is 11.9 Å². The minimum atomic E-state index is -1.08. The van der Waals surface area contributed by atoms with Crippen molar-refractivity contribution in [1.82, 2.24) is 20.1 Å². The molecule has 25 heavy (non-hydrogen) atoms. The van der Waals surface area contributed by atoms with E-state index in [0.29, 0.717) is 11.5 Å². The maximum Gasteiger partial charge on any atom is 0.329 e. The number of nitrogens with one attached hydrogen (secondary N) is 1. The number of carbonyl (C=O) groups excluding carboxylic acids is 1. The van der Waals surface area contributed by atoms with Gasteiger partial charge in [0.1, 0.15) is 18.2 Å². The Balaban J connectivity index is 2.10. The van der Waals surface area contributed by atoms with E-state index in [0.717, 1.165) is 0 Å². The van der Waals surface area contributed by atoms with Crippen molar-refractivity contribution in [2.75, 3.05) is 19.8 Å². The van der Waals surface area contributed by atoms with Gasteiger partial charge in [0.25, 0.3) is 5.91 Å². The highest BCUT2D eigenvalue weighted by Gasteiger charge is 2.19. The molecule has 134 valence electrons. The Kier molecular flexibility index (Phi) is 6.18. The van der Waals surface area contributed by atoms with Crippen LogP contribution in [0.2, 0.25) is 0 Å².